The summed E-state index contributed by atoms with van der Waals surface area (Å²) in [6.45, 7) is 4.22. The van der Waals surface area contributed by atoms with E-state index in [1.165, 1.54) is 11.1 Å². The van der Waals surface area contributed by atoms with Gasteiger partial charge < -0.3 is 11.1 Å². The van der Waals surface area contributed by atoms with Gasteiger partial charge >= 0.3 is 0 Å². The van der Waals surface area contributed by atoms with E-state index in [1.807, 2.05) is 0 Å². The molecule has 100 valence electrons. The molecule has 0 aliphatic carbocycles. The van der Waals surface area contributed by atoms with Crippen LogP contribution in [0.3, 0.4) is 0 Å². The van der Waals surface area contributed by atoms with Crippen LogP contribution in [0.15, 0.2) is 34.9 Å². The molecule has 0 fully saturated rings. The number of nitrogens with two attached hydrogens (primary N) is 1. The summed E-state index contributed by atoms with van der Waals surface area (Å²) in [6, 6.07) is 10.3. The minimum Gasteiger partial charge on any atom is -0.383 e. The van der Waals surface area contributed by atoms with Crippen LogP contribution in [0.5, 0.6) is 0 Å². The van der Waals surface area contributed by atoms with Crippen LogP contribution in [0.1, 0.15) is 31.0 Å². The van der Waals surface area contributed by atoms with Crippen molar-refractivity contribution >= 4 is 27.7 Å². The summed E-state index contributed by atoms with van der Waals surface area (Å²) < 4.78 is 0.677. The monoisotopic (exact) mass is 320 g/mol. The Balaban J connectivity index is 2.13. The van der Waals surface area contributed by atoms with Crippen molar-refractivity contribution < 1.29 is 0 Å². The number of aromatic nitrogens is 2. The van der Waals surface area contributed by atoms with Gasteiger partial charge in [-0.3, -0.25) is 0 Å². The van der Waals surface area contributed by atoms with Crippen molar-refractivity contribution in [2.75, 3.05) is 11.1 Å². The second-order valence-corrected chi connectivity index (χ2v) is 5.21. The minimum atomic E-state index is 0.125. The Kier molecular flexibility index (Phi) is 4.37. The zero-order valence-corrected chi connectivity index (χ0v) is 12.6. The number of nitrogen functional groups attached to an aromatic ring is 1. The summed E-state index contributed by atoms with van der Waals surface area (Å²) in [6.07, 6.45) is 1.05. The lowest BCUT2D eigenvalue weighted by atomic mass is 10.1. The first-order valence-corrected chi connectivity index (χ1v) is 7.03. The predicted octanol–water partition coefficient (Wildman–Crippen LogP) is 3.56. The average Bonchev–Trinajstić information content (AvgIpc) is 2.37. The Morgan fingerprint density at radius 1 is 1.26 bits per heavy atom. The maximum absolute atomic E-state index is 5.69. The van der Waals surface area contributed by atoms with Crippen LogP contribution >= 0.6 is 15.9 Å². The van der Waals surface area contributed by atoms with Gasteiger partial charge in [0.1, 0.15) is 10.4 Å². The summed E-state index contributed by atoms with van der Waals surface area (Å²) >= 11 is 3.31. The first kappa shape index (κ1) is 13.8. The number of nitrogens with one attached hydrogen (secondary N) is 1. The first-order chi connectivity index (χ1) is 9.08. The second kappa shape index (κ2) is 6.02. The van der Waals surface area contributed by atoms with Crippen molar-refractivity contribution in [3.05, 3.63) is 46.1 Å². The smallest absolute Gasteiger partial charge is 0.226 e. The van der Waals surface area contributed by atoms with E-state index in [4.69, 9.17) is 5.73 Å². The maximum atomic E-state index is 5.69. The highest BCUT2D eigenvalue weighted by Gasteiger charge is 2.08. The molecular formula is C14H17BrN4. The molecule has 0 saturated carbocycles. The van der Waals surface area contributed by atoms with E-state index in [-0.39, 0.29) is 6.04 Å². The lowest BCUT2D eigenvalue weighted by Gasteiger charge is -2.15. The maximum Gasteiger partial charge on any atom is 0.226 e. The predicted molar refractivity (Wildman–Crippen MR) is 82.0 cm³/mol. The van der Waals surface area contributed by atoms with Gasteiger partial charge in [0, 0.05) is 6.07 Å². The van der Waals surface area contributed by atoms with Crippen molar-refractivity contribution in [2.24, 2.45) is 0 Å². The minimum absolute atomic E-state index is 0.125. The molecule has 3 N–H and O–H groups in total. The second-order valence-electron chi connectivity index (χ2n) is 4.40. The van der Waals surface area contributed by atoms with E-state index in [9.17, 15) is 0 Å². The number of rotatable bonds is 4. The number of halogens is 1. The van der Waals surface area contributed by atoms with Gasteiger partial charge in [0.25, 0.3) is 0 Å². The molecule has 1 heterocycles. The van der Waals surface area contributed by atoms with Crippen molar-refractivity contribution in [2.45, 2.75) is 26.3 Å². The molecule has 1 aromatic heterocycles. The molecule has 5 heteroatoms. The van der Waals surface area contributed by atoms with Crippen LogP contribution in [-0.2, 0) is 6.42 Å². The zero-order valence-electron chi connectivity index (χ0n) is 11.0. The van der Waals surface area contributed by atoms with Crippen LogP contribution in [-0.4, -0.2) is 9.97 Å². The van der Waals surface area contributed by atoms with Crippen molar-refractivity contribution in [1.82, 2.24) is 9.97 Å². The van der Waals surface area contributed by atoms with Crippen molar-refractivity contribution in [3.63, 3.8) is 0 Å². The number of hydrogen-bond donors (Lipinski definition) is 2. The number of hydrogen-bond acceptors (Lipinski definition) is 4. The lowest BCUT2D eigenvalue weighted by Crippen LogP contribution is -2.10. The summed E-state index contributed by atoms with van der Waals surface area (Å²) in [4.78, 5) is 8.41. The highest BCUT2D eigenvalue weighted by atomic mass is 79.9. The molecule has 0 saturated heterocycles. The fourth-order valence-corrected chi connectivity index (χ4v) is 2.22. The van der Waals surface area contributed by atoms with Crippen LogP contribution < -0.4 is 11.1 Å². The van der Waals surface area contributed by atoms with Crippen molar-refractivity contribution in [3.8, 4) is 0 Å². The van der Waals surface area contributed by atoms with Crippen LogP contribution in [0.4, 0.5) is 11.8 Å². The summed E-state index contributed by atoms with van der Waals surface area (Å²) in [5, 5.41) is 3.25. The molecule has 2 rings (SSSR count). The quantitative estimate of drug-likeness (QED) is 0.845. The van der Waals surface area contributed by atoms with E-state index >= 15 is 0 Å². The van der Waals surface area contributed by atoms with Gasteiger partial charge in [0.05, 0.1) is 6.04 Å². The van der Waals surface area contributed by atoms with Gasteiger partial charge in [-0.05, 0) is 40.4 Å². The van der Waals surface area contributed by atoms with Crippen LogP contribution in [0, 0.1) is 0 Å². The fraction of sp³-hybridized carbons (Fsp3) is 0.286. The third-order valence-electron chi connectivity index (χ3n) is 2.95. The molecule has 1 atom stereocenters. The standard InChI is InChI=1S/C14H17BrN4/c1-3-10-4-6-11(7-5-10)9(2)17-14-18-12(15)8-13(16)19-14/h4-9H,3H2,1-2H3,(H3,16,17,18,19). The SMILES string of the molecule is CCc1ccc(C(C)Nc2nc(N)cc(Br)n2)cc1. The molecule has 0 radical (unpaired) electrons. The van der Waals surface area contributed by atoms with Gasteiger partial charge in [-0.25, -0.2) is 4.98 Å². The largest absolute Gasteiger partial charge is 0.383 e. The van der Waals surface area contributed by atoms with Gasteiger partial charge in [0.2, 0.25) is 5.95 Å². The van der Waals surface area contributed by atoms with E-state index in [1.54, 1.807) is 6.07 Å². The van der Waals surface area contributed by atoms with Crippen molar-refractivity contribution in [1.29, 1.82) is 0 Å². The van der Waals surface area contributed by atoms with Gasteiger partial charge in [-0.2, -0.15) is 4.98 Å². The van der Waals surface area contributed by atoms with E-state index in [2.05, 4.69) is 69.3 Å². The molecule has 0 aliphatic heterocycles. The third-order valence-corrected chi connectivity index (χ3v) is 3.35. The summed E-state index contributed by atoms with van der Waals surface area (Å²) in [5.74, 6) is 0.969. The zero-order chi connectivity index (χ0) is 13.8. The fourth-order valence-electron chi connectivity index (χ4n) is 1.82. The van der Waals surface area contributed by atoms with Crippen LogP contribution in [0.2, 0.25) is 0 Å². The average molecular weight is 321 g/mol. The molecule has 0 aliphatic rings. The van der Waals surface area contributed by atoms with Crippen LogP contribution in [0.25, 0.3) is 0 Å². The molecule has 0 amide bonds. The number of anilines is 2. The highest BCUT2D eigenvalue weighted by molar-refractivity contribution is 9.10. The normalized spacial score (nSPS) is 12.2. The Bertz CT molecular complexity index is 534. The summed E-state index contributed by atoms with van der Waals surface area (Å²) in [5.41, 5.74) is 8.22. The molecule has 0 bridgehead atoms. The molecule has 1 aromatic carbocycles. The highest BCUT2D eigenvalue weighted by Crippen LogP contribution is 2.19. The molecule has 2 aromatic rings. The van der Waals surface area contributed by atoms with Gasteiger partial charge in [-0.1, -0.05) is 31.2 Å². The molecule has 1 unspecified atom stereocenters. The number of benzene rings is 1. The van der Waals surface area contributed by atoms with E-state index < -0.39 is 0 Å². The first-order valence-electron chi connectivity index (χ1n) is 6.24. The molecule has 0 spiro atoms. The van der Waals surface area contributed by atoms with Gasteiger partial charge in [0.15, 0.2) is 0 Å². The molecule has 4 nitrogen and oxygen atoms in total. The Hall–Kier alpha value is -1.62. The Morgan fingerprint density at radius 3 is 2.53 bits per heavy atom. The molecule has 19 heavy (non-hydrogen) atoms. The van der Waals surface area contributed by atoms with E-state index in [0.29, 0.717) is 16.4 Å². The molecular weight excluding hydrogens is 304 g/mol. The van der Waals surface area contributed by atoms with Gasteiger partial charge in [-0.15, -0.1) is 0 Å². The lowest BCUT2D eigenvalue weighted by molar-refractivity contribution is 0.858. The van der Waals surface area contributed by atoms with E-state index in [0.717, 1.165) is 6.42 Å². The number of aryl methyl sites for hydroxylation is 1. The summed E-state index contributed by atoms with van der Waals surface area (Å²) in [7, 11) is 0. The topological polar surface area (TPSA) is 63.8 Å². The Labute approximate surface area is 121 Å². The Morgan fingerprint density at radius 2 is 1.95 bits per heavy atom. The number of nitrogens with zero attached hydrogens (tertiary/aromatic N) is 2. The third kappa shape index (κ3) is 3.67.